The lowest BCUT2D eigenvalue weighted by Crippen LogP contribution is -2.39. The smallest absolute Gasteiger partial charge is 0.176 e. The second kappa shape index (κ2) is 6.14. The van der Waals surface area contributed by atoms with Gasteiger partial charge in [0.15, 0.2) is 5.78 Å². The van der Waals surface area contributed by atoms with Crippen molar-refractivity contribution in [3.63, 3.8) is 0 Å². The zero-order valence-corrected chi connectivity index (χ0v) is 12.2. The fraction of sp³-hybridized carbons (Fsp3) is 0.562. The van der Waals surface area contributed by atoms with Crippen molar-refractivity contribution in [1.29, 1.82) is 0 Å². The lowest BCUT2D eigenvalue weighted by atomic mass is 9.97. The van der Waals surface area contributed by atoms with Crippen LogP contribution in [0.4, 0.5) is 0 Å². The number of carbonyl (C=O) groups excluding carboxylic acids is 1. The van der Waals surface area contributed by atoms with Gasteiger partial charge in [0.2, 0.25) is 0 Å². The minimum absolute atomic E-state index is 0.0215. The SMILES string of the molecule is CCC(C)c1ccc(C(=O)CNC(C)(C)C)cc1. The van der Waals surface area contributed by atoms with Gasteiger partial charge in [-0.25, -0.2) is 0 Å². The fourth-order valence-electron chi connectivity index (χ4n) is 1.68. The van der Waals surface area contributed by atoms with Crippen LogP contribution >= 0.6 is 0 Å². The molecule has 100 valence electrons. The number of rotatable bonds is 5. The van der Waals surface area contributed by atoms with Gasteiger partial charge < -0.3 is 5.32 Å². The number of hydrogen-bond donors (Lipinski definition) is 1. The van der Waals surface area contributed by atoms with Crippen molar-refractivity contribution in [2.75, 3.05) is 6.54 Å². The van der Waals surface area contributed by atoms with E-state index in [1.165, 1.54) is 5.56 Å². The van der Waals surface area contributed by atoms with Crippen LogP contribution < -0.4 is 5.32 Å². The van der Waals surface area contributed by atoms with E-state index in [9.17, 15) is 4.79 Å². The summed E-state index contributed by atoms with van der Waals surface area (Å²) in [6.45, 7) is 11.0. The first-order valence-electron chi connectivity index (χ1n) is 6.71. The molecule has 18 heavy (non-hydrogen) atoms. The molecule has 1 aromatic rings. The third-order valence-corrected chi connectivity index (χ3v) is 3.19. The number of carbonyl (C=O) groups is 1. The summed E-state index contributed by atoms with van der Waals surface area (Å²) in [5.74, 6) is 0.711. The van der Waals surface area contributed by atoms with Crippen LogP contribution in [0.3, 0.4) is 0 Å². The molecule has 0 aromatic heterocycles. The molecule has 0 aliphatic rings. The summed E-state index contributed by atoms with van der Waals surface area (Å²) in [6, 6.07) is 8.01. The molecule has 2 heteroatoms. The van der Waals surface area contributed by atoms with Crippen molar-refractivity contribution in [3.05, 3.63) is 35.4 Å². The summed E-state index contributed by atoms with van der Waals surface area (Å²) < 4.78 is 0. The van der Waals surface area contributed by atoms with Gasteiger partial charge >= 0.3 is 0 Å². The highest BCUT2D eigenvalue weighted by Crippen LogP contribution is 2.18. The summed E-state index contributed by atoms with van der Waals surface area (Å²) in [4.78, 5) is 12.0. The number of ketones is 1. The maximum atomic E-state index is 12.0. The largest absolute Gasteiger partial charge is 0.305 e. The van der Waals surface area contributed by atoms with Crippen molar-refractivity contribution >= 4 is 5.78 Å². The first-order valence-corrected chi connectivity index (χ1v) is 6.71. The third-order valence-electron chi connectivity index (χ3n) is 3.19. The van der Waals surface area contributed by atoms with E-state index in [1.54, 1.807) is 0 Å². The zero-order chi connectivity index (χ0) is 13.8. The van der Waals surface area contributed by atoms with E-state index in [0.717, 1.165) is 12.0 Å². The van der Waals surface area contributed by atoms with Crippen LogP contribution in [0.1, 0.15) is 62.9 Å². The lowest BCUT2D eigenvalue weighted by molar-refractivity contribution is 0.0982. The van der Waals surface area contributed by atoms with Gasteiger partial charge in [-0.15, -0.1) is 0 Å². The van der Waals surface area contributed by atoms with E-state index < -0.39 is 0 Å². The summed E-state index contributed by atoms with van der Waals surface area (Å²) in [6.07, 6.45) is 1.12. The van der Waals surface area contributed by atoms with Gasteiger partial charge in [0.25, 0.3) is 0 Å². The van der Waals surface area contributed by atoms with Crippen molar-refractivity contribution in [3.8, 4) is 0 Å². The molecule has 0 amide bonds. The van der Waals surface area contributed by atoms with E-state index >= 15 is 0 Å². The minimum Gasteiger partial charge on any atom is -0.305 e. The Bertz CT molecular complexity index is 387. The van der Waals surface area contributed by atoms with Gasteiger partial charge in [-0.3, -0.25) is 4.79 Å². The maximum Gasteiger partial charge on any atom is 0.176 e. The van der Waals surface area contributed by atoms with E-state index in [2.05, 4.69) is 52.1 Å². The van der Waals surface area contributed by atoms with Crippen LogP contribution in [0, 0.1) is 0 Å². The van der Waals surface area contributed by atoms with Crippen LogP contribution in [-0.4, -0.2) is 17.9 Å². The van der Waals surface area contributed by atoms with Crippen LogP contribution in [0.2, 0.25) is 0 Å². The Labute approximate surface area is 111 Å². The van der Waals surface area contributed by atoms with Gasteiger partial charge in [-0.1, -0.05) is 38.1 Å². The molecule has 0 radical (unpaired) electrons. The highest BCUT2D eigenvalue weighted by molar-refractivity contribution is 5.97. The molecule has 1 N–H and O–H groups in total. The highest BCUT2D eigenvalue weighted by Gasteiger charge is 2.13. The molecule has 0 fully saturated rings. The molecule has 1 unspecified atom stereocenters. The average molecular weight is 247 g/mol. The van der Waals surface area contributed by atoms with E-state index in [-0.39, 0.29) is 11.3 Å². The molecule has 0 spiro atoms. The number of hydrogen-bond acceptors (Lipinski definition) is 2. The number of benzene rings is 1. The van der Waals surface area contributed by atoms with Crippen molar-refractivity contribution < 1.29 is 4.79 Å². The van der Waals surface area contributed by atoms with E-state index in [4.69, 9.17) is 0 Å². The molecule has 2 nitrogen and oxygen atoms in total. The van der Waals surface area contributed by atoms with Gasteiger partial charge in [-0.05, 0) is 38.7 Å². The molecule has 0 aliphatic carbocycles. The van der Waals surface area contributed by atoms with Crippen LogP contribution in [0.15, 0.2) is 24.3 Å². The first-order chi connectivity index (χ1) is 8.33. The molecular formula is C16H25NO. The first kappa shape index (κ1) is 14.9. The van der Waals surface area contributed by atoms with Crippen molar-refractivity contribution in [1.82, 2.24) is 5.32 Å². The van der Waals surface area contributed by atoms with Crippen molar-refractivity contribution in [2.24, 2.45) is 0 Å². The summed E-state index contributed by atoms with van der Waals surface area (Å²) >= 11 is 0. The van der Waals surface area contributed by atoms with Gasteiger partial charge in [0.05, 0.1) is 6.54 Å². The fourth-order valence-corrected chi connectivity index (χ4v) is 1.68. The van der Waals surface area contributed by atoms with Crippen LogP contribution in [0.25, 0.3) is 0 Å². The van der Waals surface area contributed by atoms with Gasteiger partial charge in [0.1, 0.15) is 0 Å². The highest BCUT2D eigenvalue weighted by atomic mass is 16.1. The second-order valence-corrected chi connectivity index (χ2v) is 5.96. The van der Waals surface area contributed by atoms with Crippen LogP contribution in [-0.2, 0) is 0 Å². The Morgan fingerprint density at radius 1 is 1.22 bits per heavy atom. The molecule has 0 bridgehead atoms. The topological polar surface area (TPSA) is 29.1 Å². The summed E-state index contributed by atoms with van der Waals surface area (Å²) in [7, 11) is 0. The summed E-state index contributed by atoms with van der Waals surface area (Å²) in [5.41, 5.74) is 2.07. The zero-order valence-electron chi connectivity index (χ0n) is 12.2. The Kier molecular flexibility index (Phi) is 5.09. The number of nitrogens with one attached hydrogen (secondary N) is 1. The van der Waals surface area contributed by atoms with Crippen molar-refractivity contribution in [2.45, 2.75) is 52.5 Å². The summed E-state index contributed by atoms with van der Waals surface area (Å²) in [5, 5.41) is 3.22. The molecule has 0 heterocycles. The quantitative estimate of drug-likeness (QED) is 0.802. The van der Waals surface area contributed by atoms with Crippen LogP contribution in [0.5, 0.6) is 0 Å². The molecule has 1 rings (SSSR count). The number of Topliss-reactive ketones (excluding diaryl/α,β-unsaturated/α-hetero) is 1. The predicted molar refractivity (Wildman–Crippen MR) is 77.2 cm³/mol. The Hall–Kier alpha value is -1.15. The molecule has 0 saturated heterocycles. The minimum atomic E-state index is -0.0215. The molecule has 1 atom stereocenters. The normalized spacial score (nSPS) is 13.4. The second-order valence-electron chi connectivity index (χ2n) is 5.96. The van der Waals surface area contributed by atoms with Gasteiger partial charge in [0, 0.05) is 11.1 Å². The molecule has 0 aliphatic heterocycles. The van der Waals surface area contributed by atoms with E-state index in [0.29, 0.717) is 12.5 Å². The monoisotopic (exact) mass is 247 g/mol. The molecular weight excluding hydrogens is 222 g/mol. The molecule has 1 aromatic carbocycles. The van der Waals surface area contributed by atoms with E-state index in [1.807, 2.05) is 12.1 Å². The Morgan fingerprint density at radius 2 is 1.78 bits per heavy atom. The maximum absolute atomic E-state index is 12.0. The predicted octanol–water partition coefficient (Wildman–Crippen LogP) is 3.77. The standard InChI is InChI=1S/C16H25NO/c1-6-12(2)13-7-9-14(10-8-13)15(18)11-17-16(3,4)5/h7-10,12,17H,6,11H2,1-5H3. The van der Waals surface area contributed by atoms with Gasteiger partial charge in [-0.2, -0.15) is 0 Å². The average Bonchev–Trinajstić information content (AvgIpc) is 2.34. The lowest BCUT2D eigenvalue weighted by Gasteiger charge is -2.19. The third kappa shape index (κ3) is 4.61. The Balaban J connectivity index is 2.65. The molecule has 0 saturated carbocycles. The Morgan fingerprint density at radius 3 is 2.22 bits per heavy atom.